The molecule has 0 aliphatic rings. The number of nitrogens with one attached hydrogen (secondary N) is 1. The molecule has 0 unspecified atom stereocenters. The fraction of sp³-hybridized carbons (Fsp3) is 0.400. The minimum atomic E-state index is -0.560. The number of aryl methyl sites for hydroxylation is 1. The molecular formula is C5H9N5O. The second kappa shape index (κ2) is 3.00. The Morgan fingerprint density at radius 1 is 1.91 bits per heavy atom. The van der Waals surface area contributed by atoms with E-state index in [1.807, 2.05) is 0 Å². The van der Waals surface area contributed by atoms with Crippen molar-refractivity contribution >= 4 is 6.03 Å². The van der Waals surface area contributed by atoms with Gasteiger partial charge in [0, 0.05) is 7.05 Å². The van der Waals surface area contributed by atoms with Crippen LogP contribution in [-0.4, -0.2) is 21.0 Å². The molecule has 2 amide bonds. The van der Waals surface area contributed by atoms with E-state index in [0.29, 0.717) is 12.2 Å². The molecule has 0 atom stereocenters. The van der Waals surface area contributed by atoms with Crippen LogP contribution in [-0.2, 0) is 13.6 Å². The van der Waals surface area contributed by atoms with Gasteiger partial charge < -0.3 is 11.1 Å². The van der Waals surface area contributed by atoms with Crippen molar-refractivity contribution in [2.24, 2.45) is 12.8 Å². The van der Waals surface area contributed by atoms with E-state index in [1.54, 1.807) is 13.2 Å². The first-order valence-corrected chi connectivity index (χ1v) is 3.07. The van der Waals surface area contributed by atoms with Gasteiger partial charge in [-0.2, -0.15) is 15.0 Å². The quantitative estimate of drug-likeness (QED) is 0.573. The molecule has 0 saturated heterocycles. The largest absolute Gasteiger partial charge is 0.352 e. The number of amides is 2. The lowest BCUT2D eigenvalue weighted by Crippen LogP contribution is -2.28. The molecule has 0 saturated carbocycles. The normalized spacial score (nSPS) is 9.55. The van der Waals surface area contributed by atoms with Crippen LogP contribution in [0.2, 0.25) is 0 Å². The molecule has 0 aliphatic heterocycles. The van der Waals surface area contributed by atoms with Gasteiger partial charge in [-0.3, -0.25) is 0 Å². The maximum absolute atomic E-state index is 10.2. The highest BCUT2D eigenvalue weighted by Gasteiger charge is 1.97. The van der Waals surface area contributed by atoms with Gasteiger partial charge in [0.1, 0.15) is 5.69 Å². The van der Waals surface area contributed by atoms with Gasteiger partial charge in [0.25, 0.3) is 0 Å². The molecule has 0 fully saturated rings. The molecule has 0 aromatic carbocycles. The zero-order chi connectivity index (χ0) is 8.27. The SMILES string of the molecule is Cn1ncc(CNC(N)=O)n1. The zero-order valence-electron chi connectivity index (χ0n) is 6.11. The lowest BCUT2D eigenvalue weighted by Gasteiger charge is -1.94. The topological polar surface area (TPSA) is 85.8 Å². The van der Waals surface area contributed by atoms with Gasteiger partial charge in [0.2, 0.25) is 0 Å². The van der Waals surface area contributed by atoms with Crippen LogP contribution >= 0.6 is 0 Å². The summed E-state index contributed by atoms with van der Waals surface area (Å²) in [4.78, 5) is 11.7. The van der Waals surface area contributed by atoms with Crippen LogP contribution in [0.25, 0.3) is 0 Å². The highest BCUT2D eigenvalue weighted by Crippen LogP contribution is 1.87. The van der Waals surface area contributed by atoms with E-state index >= 15 is 0 Å². The van der Waals surface area contributed by atoms with Crippen molar-refractivity contribution in [3.05, 3.63) is 11.9 Å². The van der Waals surface area contributed by atoms with Gasteiger partial charge in [0.15, 0.2) is 0 Å². The average molecular weight is 155 g/mol. The highest BCUT2D eigenvalue weighted by molar-refractivity contribution is 5.71. The van der Waals surface area contributed by atoms with E-state index in [-0.39, 0.29) is 0 Å². The first-order valence-electron chi connectivity index (χ1n) is 3.07. The third kappa shape index (κ3) is 2.24. The lowest BCUT2D eigenvalue weighted by atomic mass is 10.5. The van der Waals surface area contributed by atoms with Crippen molar-refractivity contribution in [1.82, 2.24) is 20.3 Å². The van der Waals surface area contributed by atoms with Crippen LogP contribution in [0.5, 0.6) is 0 Å². The predicted molar refractivity (Wildman–Crippen MR) is 37.4 cm³/mol. The standard InChI is InChI=1S/C5H9N5O/c1-10-8-3-4(9-10)2-7-5(6)11/h3H,2H2,1H3,(H3,6,7,11). The molecule has 1 rings (SSSR count). The summed E-state index contributed by atoms with van der Waals surface area (Å²) in [6, 6.07) is -0.560. The smallest absolute Gasteiger partial charge is 0.312 e. The first-order chi connectivity index (χ1) is 5.18. The maximum atomic E-state index is 10.2. The molecule has 0 aliphatic carbocycles. The number of hydrogen-bond acceptors (Lipinski definition) is 3. The van der Waals surface area contributed by atoms with Crippen molar-refractivity contribution in [3.63, 3.8) is 0 Å². The molecule has 60 valence electrons. The number of urea groups is 1. The van der Waals surface area contributed by atoms with E-state index in [1.165, 1.54) is 4.80 Å². The van der Waals surface area contributed by atoms with Crippen molar-refractivity contribution in [1.29, 1.82) is 0 Å². The Morgan fingerprint density at radius 2 is 2.64 bits per heavy atom. The Kier molecular flexibility index (Phi) is 2.05. The minimum absolute atomic E-state index is 0.323. The highest BCUT2D eigenvalue weighted by atomic mass is 16.2. The number of nitrogens with two attached hydrogens (primary N) is 1. The summed E-state index contributed by atoms with van der Waals surface area (Å²) in [5.74, 6) is 0. The van der Waals surface area contributed by atoms with Crippen LogP contribution in [0.3, 0.4) is 0 Å². The van der Waals surface area contributed by atoms with E-state index in [0.717, 1.165) is 0 Å². The van der Waals surface area contributed by atoms with Gasteiger partial charge in [-0.05, 0) is 0 Å². The molecule has 11 heavy (non-hydrogen) atoms. The van der Waals surface area contributed by atoms with Gasteiger partial charge in [-0.1, -0.05) is 0 Å². The monoisotopic (exact) mass is 155 g/mol. The third-order valence-corrected chi connectivity index (χ3v) is 1.09. The van der Waals surface area contributed by atoms with Gasteiger partial charge >= 0.3 is 6.03 Å². The third-order valence-electron chi connectivity index (χ3n) is 1.09. The summed E-state index contributed by atoms with van der Waals surface area (Å²) in [5, 5.41) is 10.1. The van der Waals surface area contributed by atoms with Crippen LogP contribution < -0.4 is 11.1 Å². The summed E-state index contributed by atoms with van der Waals surface area (Å²) in [6.45, 7) is 0.323. The van der Waals surface area contributed by atoms with E-state index in [2.05, 4.69) is 15.5 Å². The molecule has 3 N–H and O–H groups in total. The second-order valence-electron chi connectivity index (χ2n) is 2.04. The van der Waals surface area contributed by atoms with Gasteiger partial charge in [-0.25, -0.2) is 4.79 Å². The fourth-order valence-corrected chi connectivity index (χ4v) is 0.646. The fourth-order valence-electron chi connectivity index (χ4n) is 0.646. The molecule has 1 heterocycles. The molecule has 1 aromatic rings. The Labute approximate surface area is 63.4 Å². The summed E-state index contributed by atoms with van der Waals surface area (Å²) in [6.07, 6.45) is 1.57. The number of rotatable bonds is 2. The Bertz CT molecular complexity index is 255. The maximum Gasteiger partial charge on any atom is 0.312 e. The Hall–Kier alpha value is -1.59. The molecule has 6 heteroatoms. The van der Waals surface area contributed by atoms with Crippen LogP contribution in [0.4, 0.5) is 4.79 Å². The van der Waals surface area contributed by atoms with Crippen molar-refractivity contribution in [2.45, 2.75) is 6.54 Å². The summed E-state index contributed by atoms with van der Waals surface area (Å²) in [5.41, 5.74) is 5.53. The van der Waals surface area contributed by atoms with Crippen LogP contribution in [0.1, 0.15) is 5.69 Å². The molecule has 6 nitrogen and oxygen atoms in total. The first kappa shape index (κ1) is 7.52. The van der Waals surface area contributed by atoms with Crippen LogP contribution in [0.15, 0.2) is 6.20 Å². The molecule has 0 radical (unpaired) electrons. The van der Waals surface area contributed by atoms with E-state index in [9.17, 15) is 4.79 Å². The molecule has 0 spiro atoms. The number of primary amides is 1. The van der Waals surface area contributed by atoms with Crippen molar-refractivity contribution in [2.75, 3.05) is 0 Å². The number of aromatic nitrogens is 3. The number of carbonyl (C=O) groups is 1. The van der Waals surface area contributed by atoms with Crippen molar-refractivity contribution < 1.29 is 4.79 Å². The lowest BCUT2D eigenvalue weighted by molar-refractivity contribution is 0.248. The zero-order valence-corrected chi connectivity index (χ0v) is 6.11. The summed E-state index contributed by atoms with van der Waals surface area (Å²) >= 11 is 0. The molecule has 1 aromatic heterocycles. The average Bonchev–Trinajstić information content (AvgIpc) is 2.31. The van der Waals surface area contributed by atoms with Crippen LogP contribution in [0, 0.1) is 0 Å². The summed E-state index contributed by atoms with van der Waals surface area (Å²) < 4.78 is 0. The van der Waals surface area contributed by atoms with Gasteiger partial charge in [0.05, 0.1) is 12.7 Å². The number of hydrogen-bond donors (Lipinski definition) is 2. The van der Waals surface area contributed by atoms with E-state index in [4.69, 9.17) is 5.73 Å². The molecular weight excluding hydrogens is 146 g/mol. The molecule has 0 bridgehead atoms. The second-order valence-corrected chi connectivity index (χ2v) is 2.04. The van der Waals surface area contributed by atoms with E-state index < -0.39 is 6.03 Å². The van der Waals surface area contributed by atoms with Gasteiger partial charge in [-0.15, -0.1) is 0 Å². The number of carbonyl (C=O) groups excluding carboxylic acids is 1. The number of nitrogens with zero attached hydrogens (tertiary/aromatic N) is 3. The van der Waals surface area contributed by atoms with Crippen molar-refractivity contribution in [3.8, 4) is 0 Å². The Balaban J connectivity index is 2.45. The Morgan fingerprint density at radius 3 is 3.09 bits per heavy atom. The summed E-state index contributed by atoms with van der Waals surface area (Å²) in [7, 11) is 1.70. The predicted octanol–water partition coefficient (Wildman–Crippen LogP) is -1.02. The minimum Gasteiger partial charge on any atom is -0.352 e.